The second kappa shape index (κ2) is 4.09. The van der Waals surface area contributed by atoms with Gasteiger partial charge in [-0.25, -0.2) is 0 Å². The first-order valence-corrected chi connectivity index (χ1v) is 3.98. The van der Waals surface area contributed by atoms with Gasteiger partial charge in [0.2, 0.25) is 0 Å². The van der Waals surface area contributed by atoms with E-state index < -0.39 is 12.7 Å². The van der Waals surface area contributed by atoms with Crippen molar-refractivity contribution in [2.75, 3.05) is 6.67 Å². The van der Waals surface area contributed by atoms with Crippen LogP contribution in [-0.4, -0.2) is 16.9 Å². The summed E-state index contributed by atoms with van der Waals surface area (Å²) in [5, 5.41) is 18.1. The number of phenols is 2. The lowest BCUT2D eigenvalue weighted by Gasteiger charge is -2.10. The number of phenolic OH excluding ortho intramolecular Hbond substituents is 2. The molecule has 0 unspecified atom stereocenters. The van der Waals surface area contributed by atoms with E-state index in [4.69, 9.17) is 15.9 Å². The van der Waals surface area contributed by atoms with Crippen LogP contribution < -0.4 is 5.73 Å². The fraction of sp³-hybridized carbons (Fsp3) is 0.333. The van der Waals surface area contributed by atoms with E-state index in [1.54, 1.807) is 6.07 Å². The van der Waals surface area contributed by atoms with Crippen LogP contribution in [0.5, 0.6) is 11.5 Å². The van der Waals surface area contributed by atoms with Crippen molar-refractivity contribution in [2.24, 2.45) is 5.73 Å². The fourth-order valence-electron chi connectivity index (χ4n) is 1.06. The molecule has 4 heteroatoms. The maximum absolute atomic E-state index is 11.9. The van der Waals surface area contributed by atoms with Crippen molar-refractivity contribution in [1.82, 2.24) is 0 Å². The van der Waals surface area contributed by atoms with Crippen molar-refractivity contribution in [2.45, 2.75) is 12.5 Å². The predicted molar refractivity (Wildman–Crippen MR) is 47.3 cm³/mol. The molecule has 0 bridgehead atoms. The van der Waals surface area contributed by atoms with Gasteiger partial charge in [0.25, 0.3) is 0 Å². The van der Waals surface area contributed by atoms with E-state index in [-0.39, 0.29) is 17.9 Å². The topological polar surface area (TPSA) is 66.5 Å². The molecule has 3 nitrogen and oxygen atoms in total. The van der Waals surface area contributed by atoms with Gasteiger partial charge in [0.15, 0.2) is 11.5 Å². The van der Waals surface area contributed by atoms with E-state index in [1.807, 2.05) is 0 Å². The Morgan fingerprint density at radius 2 is 2.00 bits per heavy atom. The molecule has 72 valence electrons. The second-order valence-electron chi connectivity index (χ2n) is 2.83. The molecule has 0 amide bonds. The molecule has 0 spiro atoms. The molecule has 0 saturated heterocycles. The van der Waals surface area contributed by atoms with E-state index in [0.717, 1.165) is 0 Å². The largest absolute Gasteiger partial charge is 0.504 e. The summed E-state index contributed by atoms with van der Waals surface area (Å²) in [7, 11) is 0. The molecule has 0 heterocycles. The molecule has 0 aliphatic heterocycles. The number of nitrogens with two attached hydrogens (primary N) is 1. The maximum Gasteiger partial charge on any atom is 0.157 e. The lowest BCUT2D eigenvalue weighted by atomic mass is 10.0. The van der Waals surface area contributed by atoms with Crippen LogP contribution in [0.25, 0.3) is 0 Å². The van der Waals surface area contributed by atoms with Gasteiger partial charge in [-0.1, -0.05) is 6.07 Å². The van der Waals surface area contributed by atoms with Crippen LogP contribution in [0.1, 0.15) is 18.0 Å². The average molecular weight is 185 g/mol. The molecule has 0 aromatic heterocycles. The minimum atomic E-state index is -0.497. The summed E-state index contributed by atoms with van der Waals surface area (Å²) in [6, 6.07) is 3.81. The summed E-state index contributed by atoms with van der Waals surface area (Å²) in [6.07, 6.45) is 0.213. The van der Waals surface area contributed by atoms with Gasteiger partial charge in [0.05, 0.1) is 6.67 Å². The SMILES string of the molecule is N[C@H](CCF)c1ccc(O)c(O)c1. The van der Waals surface area contributed by atoms with E-state index in [0.29, 0.717) is 5.56 Å². The Morgan fingerprint density at radius 1 is 1.31 bits per heavy atom. The molecule has 0 saturated carbocycles. The third-order valence-corrected chi connectivity index (χ3v) is 1.85. The smallest absolute Gasteiger partial charge is 0.157 e. The summed E-state index contributed by atoms with van der Waals surface area (Å²) < 4.78 is 11.9. The molecular formula is C9H12FNO2. The van der Waals surface area contributed by atoms with Crippen LogP contribution in [0.3, 0.4) is 0 Å². The molecule has 0 radical (unpaired) electrons. The first kappa shape index (κ1) is 9.80. The lowest BCUT2D eigenvalue weighted by molar-refractivity contribution is 0.401. The zero-order valence-corrected chi connectivity index (χ0v) is 7.07. The Hall–Kier alpha value is -1.29. The maximum atomic E-state index is 11.9. The molecule has 1 aromatic rings. The van der Waals surface area contributed by atoms with E-state index in [9.17, 15) is 4.39 Å². The van der Waals surface area contributed by atoms with Crippen molar-refractivity contribution in [3.8, 4) is 11.5 Å². The summed E-state index contributed by atoms with van der Waals surface area (Å²) in [5.74, 6) is -0.428. The number of hydrogen-bond acceptors (Lipinski definition) is 3. The van der Waals surface area contributed by atoms with Gasteiger partial charge in [-0.3, -0.25) is 4.39 Å². The lowest BCUT2D eigenvalue weighted by Crippen LogP contribution is -2.10. The first-order valence-electron chi connectivity index (χ1n) is 3.98. The Bertz CT molecular complexity index is 291. The Morgan fingerprint density at radius 3 is 2.54 bits per heavy atom. The van der Waals surface area contributed by atoms with Gasteiger partial charge in [-0.15, -0.1) is 0 Å². The van der Waals surface area contributed by atoms with E-state index >= 15 is 0 Å². The third-order valence-electron chi connectivity index (χ3n) is 1.85. The predicted octanol–water partition coefficient (Wildman–Crippen LogP) is 1.46. The molecule has 0 fully saturated rings. The average Bonchev–Trinajstić information content (AvgIpc) is 2.10. The van der Waals surface area contributed by atoms with Crippen LogP contribution in [0.15, 0.2) is 18.2 Å². The highest BCUT2D eigenvalue weighted by Crippen LogP contribution is 2.27. The summed E-state index contributed by atoms with van der Waals surface area (Å²) in [4.78, 5) is 0. The number of halogens is 1. The standard InChI is InChI=1S/C9H12FNO2/c10-4-3-7(11)6-1-2-8(12)9(13)5-6/h1-2,5,7,12-13H,3-4,11H2/t7-/m1/s1. The zero-order chi connectivity index (χ0) is 9.84. The summed E-state index contributed by atoms with van der Waals surface area (Å²) in [5.41, 5.74) is 6.21. The van der Waals surface area contributed by atoms with Crippen molar-refractivity contribution in [1.29, 1.82) is 0 Å². The highest BCUT2D eigenvalue weighted by Gasteiger charge is 2.07. The Kier molecular flexibility index (Phi) is 3.08. The van der Waals surface area contributed by atoms with Gasteiger partial charge in [-0.05, 0) is 24.1 Å². The molecule has 0 aliphatic carbocycles. The number of alkyl halides is 1. The highest BCUT2D eigenvalue weighted by molar-refractivity contribution is 5.41. The van der Waals surface area contributed by atoms with Crippen LogP contribution >= 0.6 is 0 Å². The molecule has 1 atom stereocenters. The van der Waals surface area contributed by atoms with Crippen LogP contribution in [-0.2, 0) is 0 Å². The monoisotopic (exact) mass is 185 g/mol. The van der Waals surface area contributed by atoms with Gasteiger partial charge in [-0.2, -0.15) is 0 Å². The second-order valence-corrected chi connectivity index (χ2v) is 2.83. The third kappa shape index (κ3) is 2.32. The molecular weight excluding hydrogens is 173 g/mol. The number of aromatic hydroxyl groups is 2. The van der Waals surface area contributed by atoms with Gasteiger partial charge in [0, 0.05) is 6.04 Å². The Labute approximate surface area is 75.6 Å². The van der Waals surface area contributed by atoms with E-state index in [2.05, 4.69) is 0 Å². The van der Waals surface area contributed by atoms with E-state index in [1.165, 1.54) is 12.1 Å². The number of benzene rings is 1. The van der Waals surface area contributed by atoms with Crippen molar-refractivity contribution in [3.63, 3.8) is 0 Å². The van der Waals surface area contributed by atoms with Gasteiger partial charge >= 0.3 is 0 Å². The van der Waals surface area contributed by atoms with Crippen molar-refractivity contribution < 1.29 is 14.6 Å². The molecule has 1 rings (SSSR count). The summed E-state index contributed by atoms with van der Waals surface area (Å²) in [6.45, 7) is -0.497. The Balaban J connectivity index is 2.84. The molecule has 4 N–H and O–H groups in total. The minimum Gasteiger partial charge on any atom is -0.504 e. The van der Waals surface area contributed by atoms with Gasteiger partial charge in [0.1, 0.15) is 0 Å². The van der Waals surface area contributed by atoms with Crippen LogP contribution in [0.4, 0.5) is 4.39 Å². The number of hydrogen-bond donors (Lipinski definition) is 3. The van der Waals surface area contributed by atoms with Crippen LogP contribution in [0, 0.1) is 0 Å². The van der Waals surface area contributed by atoms with Crippen molar-refractivity contribution >= 4 is 0 Å². The molecule has 1 aromatic carbocycles. The molecule has 13 heavy (non-hydrogen) atoms. The van der Waals surface area contributed by atoms with Crippen molar-refractivity contribution in [3.05, 3.63) is 23.8 Å². The quantitative estimate of drug-likeness (QED) is 0.624. The fourth-order valence-corrected chi connectivity index (χ4v) is 1.06. The van der Waals surface area contributed by atoms with Crippen LogP contribution in [0.2, 0.25) is 0 Å². The van der Waals surface area contributed by atoms with Gasteiger partial charge < -0.3 is 15.9 Å². The minimum absolute atomic E-state index is 0.198. The summed E-state index contributed by atoms with van der Waals surface area (Å²) >= 11 is 0. The number of rotatable bonds is 3. The first-order chi connectivity index (χ1) is 6.15. The highest BCUT2D eigenvalue weighted by atomic mass is 19.1. The molecule has 0 aliphatic rings. The zero-order valence-electron chi connectivity index (χ0n) is 7.07. The normalized spacial score (nSPS) is 12.8.